The molecular formula is C13H17FN2O. The fraction of sp³-hybridized carbons (Fsp3) is 0.462. The molecule has 0 aromatic heterocycles. The molecule has 2 rings (SSSR count). The molecule has 2 unspecified atom stereocenters. The lowest BCUT2D eigenvalue weighted by Gasteiger charge is -2.28. The number of halogens is 1. The number of rotatable bonds is 3. The van der Waals surface area contributed by atoms with Crippen molar-refractivity contribution in [2.45, 2.75) is 25.3 Å². The van der Waals surface area contributed by atoms with Crippen molar-refractivity contribution in [3.8, 4) is 0 Å². The van der Waals surface area contributed by atoms with Crippen LogP contribution in [0.1, 0.15) is 18.4 Å². The number of carbonyl (C=O) groups is 1. The molecule has 1 aromatic rings. The number of hydrogen-bond acceptors (Lipinski definition) is 2. The van der Waals surface area contributed by atoms with Crippen LogP contribution in [0.5, 0.6) is 0 Å². The Kier molecular flexibility index (Phi) is 3.74. The summed E-state index contributed by atoms with van der Waals surface area (Å²) in [6.45, 7) is 0.799. The van der Waals surface area contributed by atoms with E-state index >= 15 is 0 Å². The van der Waals surface area contributed by atoms with Gasteiger partial charge in [0, 0.05) is 0 Å². The Bertz CT molecular complexity index is 408. The van der Waals surface area contributed by atoms with Crippen molar-refractivity contribution in [3.63, 3.8) is 0 Å². The lowest BCUT2D eigenvalue weighted by molar-refractivity contribution is -0.120. The van der Waals surface area contributed by atoms with Crippen LogP contribution in [0.15, 0.2) is 24.3 Å². The summed E-state index contributed by atoms with van der Waals surface area (Å²) in [5.74, 6) is -0.104. The molecule has 0 spiro atoms. The first kappa shape index (κ1) is 12.0. The van der Waals surface area contributed by atoms with Crippen LogP contribution in [-0.4, -0.2) is 18.5 Å². The first-order chi connectivity index (χ1) is 8.15. The van der Waals surface area contributed by atoms with E-state index in [0.29, 0.717) is 5.92 Å². The van der Waals surface area contributed by atoms with E-state index in [4.69, 9.17) is 5.73 Å². The molecule has 2 atom stereocenters. The number of carbonyl (C=O) groups excluding carboxylic acids is 1. The third kappa shape index (κ3) is 3.27. The van der Waals surface area contributed by atoms with E-state index in [0.717, 1.165) is 31.4 Å². The van der Waals surface area contributed by atoms with Gasteiger partial charge in [-0.15, -0.1) is 0 Å². The monoisotopic (exact) mass is 236 g/mol. The quantitative estimate of drug-likeness (QED) is 0.829. The Hall–Kier alpha value is -1.42. The molecule has 17 heavy (non-hydrogen) atoms. The van der Waals surface area contributed by atoms with Gasteiger partial charge >= 0.3 is 0 Å². The number of primary amides is 1. The molecule has 0 saturated carbocycles. The van der Waals surface area contributed by atoms with Crippen LogP contribution in [0.4, 0.5) is 4.39 Å². The second-order valence-electron chi connectivity index (χ2n) is 4.63. The van der Waals surface area contributed by atoms with E-state index in [9.17, 15) is 9.18 Å². The lowest BCUT2D eigenvalue weighted by atomic mass is 9.87. The number of amides is 1. The van der Waals surface area contributed by atoms with Gasteiger partial charge in [-0.25, -0.2) is 4.39 Å². The third-order valence-corrected chi connectivity index (χ3v) is 3.27. The fourth-order valence-electron chi connectivity index (χ4n) is 2.40. The Morgan fingerprint density at radius 2 is 2.35 bits per heavy atom. The van der Waals surface area contributed by atoms with Crippen molar-refractivity contribution in [1.82, 2.24) is 5.32 Å². The van der Waals surface area contributed by atoms with Crippen LogP contribution in [-0.2, 0) is 11.2 Å². The van der Waals surface area contributed by atoms with Gasteiger partial charge in [0.15, 0.2) is 0 Å². The largest absolute Gasteiger partial charge is 0.368 e. The summed E-state index contributed by atoms with van der Waals surface area (Å²) in [6.07, 6.45) is 2.55. The zero-order chi connectivity index (χ0) is 12.3. The predicted molar refractivity (Wildman–Crippen MR) is 63.8 cm³/mol. The lowest BCUT2D eigenvalue weighted by Crippen LogP contribution is -2.47. The molecule has 3 N–H and O–H groups in total. The van der Waals surface area contributed by atoms with Crippen LogP contribution >= 0.6 is 0 Å². The van der Waals surface area contributed by atoms with Gasteiger partial charge in [0.05, 0.1) is 6.04 Å². The van der Waals surface area contributed by atoms with Crippen molar-refractivity contribution >= 4 is 5.91 Å². The summed E-state index contributed by atoms with van der Waals surface area (Å²) in [4.78, 5) is 11.1. The van der Waals surface area contributed by atoms with Gasteiger partial charge in [-0.05, 0) is 49.4 Å². The molecule has 0 radical (unpaired) electrons. The molecule has 1 aliphatic rings. The predicted octanol–water partition coefficient (Wildman–Crippen LogP) is 1.22. The van der Waals surface area contributed by atoms with E-state index in [2.05, 4.69) is 5.32 Å². The topological polar surface area (TPSA) is 55.1 Å². The van der Waals surface area contributed by atoms with Gasteiger partial charge in [0.1, 0.15) is 5.82 Å². The smallest absolute Gasteiger partial charge is 0.234 e. The summed E-state index contributed by atoms with van der Waals surface area (Å²) in [5.41, 5.74) is 6.27. The minimum absolute atomic E-state index is 0.206. The average Bonchev–Trinajstić information content (AvgIpc) is 2.29. The third-order valence-electron chi connectivity index (χ3n) is 3.27. The summed E-state index contributed by atoms with van der Waals surface area (Å²) in [6, 6.07) is 6.41. The minimum atomic E-state index is -0.297. The van der Waals surface area contributed by atoms with Crippen LogP contribution < -0.4 is 11.1 Å². The molecule has 0 aliphatic carbocycles. The molecule has 1 aliphatic heterocycles. The Morgan fingerprint density at radius 3 is 3.06 bits per heavy atom. The summed E-state index contributed by atoms with van der Waals surface area (Å²) < 4.78 is 13.0. The molecule has 1 saturated heterocycles. The van der Waals surface area contributed by atoms with E-state index in [1.807, 2.05) is 6.07 Å². The Morgan fingerprint density at radius 1 is 1.53 bits per heavy atom. The first-order valence-electron chi connectivity index (χ1n) is 5.92. The number of piperidine rings is 1. The Labute approximate surface area is 100 Å². The van der Waals surface area contributed by atoms with Crippen molar-refractivity contribution in [1.29, 1.82) is 0 Å². The molecule has 0 bridgehead atoms. The van der Waals surface area contributed by atoms with E-state index in [1.165, 1.54) is 6.07 Å². The summed E-state index contributed by atoms with van der Waals surface area (Å²) in [7, 11) is 0. The van der Waals surface area contributed by atoms with Gasteiger partial charge in [-0.3, -0.25) is 4.79 Å². The number of nitrogens with one attached hydrogen (secondary N) is 1. The molecule has 1 aromatic carbocycles. The first-order valence-corrected chi connectivity index (χ1v) is 5.92. The maximum atomic E-state index is 13.0. The van der Waals surface area contributed by atoms with E-state index in [-0.39, 0.29) is 17.8 Å². The number of benzene rings is 1. The highest BCUT2D eigenvalue weighted by atomic mass is 19.1. The fourth-order valence-corrected chi connectivity index (χ4v) is 2.40. The maximum absolute atomic E-state index is 13.0. The van der Waals surface area contributed by atoms with Gasteiger partial charge in [-0.2, -0.15) is 0 Å². The summed E-state index contributed by atoms with van der Waals surface area (Å²) >= 11 is 0. The number of nitrogens with two attached hydrogens (primary N) is 1. The zero-order valence-corrected chi connectivity index (χ0v) is 9.66. The highest BCUT2D eigenvalue weighted by Crippen LogP contribution is 2.21. The molecule has 4 heteroatoms. The van der Waals surface area contributed by atoms with Crippen molar-refractivity contribution < 1.29 is 9.18 Å². The van der Waals surface area contributed by atoms with E-state index < -0.39 is 0 Å². The van der Waals surface area contributed by atoms with Crippen molar-refractivity contribution in [3.05, 3.63) is 35.6 Å². The second-order valence-corrected chi connectivity index (χ2v) is 4.63. The molecule has 1 fully saturated rings. The SMILES string of the molecule is NC(=O)C1CC(Cc2cccc(F)c2)CCN1. The standard InChI is InChI=1S/C13H17FN2O/c14-11-3-1-2-9(7-11)6-10-4-5-16-12(8-10)13(15)17/h1-3,7,10,12,16H,4-6,8H2,(H2,15,17). The molecule has 3 nitrogen and oxygen atoms in total. The minimum Gasteiger partial charge on any atom is -0.368 e. The highest BCUT2D eigenvalue weighted by molar-refractivity contribution is 5.79. The van der Waals surface area contributed by atoms with Crippen molar-refractivity contribution in [2.75, 3.05) is 6.54 Å². The molecule has 1 amide bonds. The van der Waals surface area contributed by atoms with Crippen LogP contribution in [0.3, 0.4) is 0 Å². The molecule has 92 valence electrons. The Balaban J connectivity index is 1.97. The second kappa shape index (κ2) is 5.27. The molecular weight excluding hydrogens is 219 g/mol. The average molecular weight is 236 g/mol. The normalized spacial score (nSPS) is 24.5. The highest BCUT2D eigenvalue weighted by Gasteiger charge is 2.25. The summed E-state index contributed by atoms with van der Waals surface area (Å²) in [5, 5.41) is 3.10. The van der Waals surface area contributed by atoms with Crippen LogP contribution in [0, 0.1) is 11.7 Å². The van der Waals surface area contributed by atoms with Gasteiger partial charge in [0.25, 0.3) is 0 Å². The molecule has 1 heterocycles. The van der Waals surface area contributed by atoms with E-state index in [1.54, 1.807) is 12.1 Å². The van der Waals surface area contributed by atoms with Gasteiger partial charge in [0.2, 0.25) is 5.91 Å². The van der Waals surface area contributed by atoms with Crippen molar-refractivity contribution in [2.24, 2.45) is 11.7 Å². The van der Waals surface area contributed by atoms with Gasteiger partial charge < -0.3 is 11.1 Å². The van der Waals surface area contributed by atoms with Crippen LogP contribution in [0.25, 0.3) is 0 Å². The zero-order valence-electron chi connectivity index (χ0n) is 9.66. The number of hydrogen-bond donors (Lipinski definition) is 2. The van der Waals surface area contributed by atoms with Gasteiger partial charge in [-0.1, -0.05) is 12.1 Å². The van der Waals surface area contributed by atoms with Crippen LogP contribution in [0.2, 0.25) is 0 Å². The maximum Gasteiger partial charge on any atom is 0.234 e.